The van der Waals surface area contributed by atoms with Crippen molar-refractivity contribution in [2.24, 2.45) is 0 Å². The fraction of sp³-hybridized carbons (Fsp3) is 0.167. The van der Waals surface area contributed by atoms with Gasteiger partial charge in [-0.3, -0.25) is 13.6 Å². The summed E-state index contributed by atoms with van der Waals surface area (Å²) in [4.78, 5) is 16.7. The zero-order chi connectivity index (χ0) is 21.1. The molecule has 3 rings (SSSR count). The number of fused-ring (bicyclic) bond motifs is 1. The topological polar surface area (TPSA) is 120 Å². The Morgan fingerprint density at radius 1 is 1.41 bits per heavy atom. The van der Waals surface area contributed by atoms with Crippen molar-refractivity contribution in [2.75, 3.05) is 11.4 Å². The van der Waals surface area contributed by atoms with Crippen LogP contribution in [0.1, 0.15) is 18.5 Å². The third-order valence-electron chi connectivity index (χ3n) is 4.09. The smallest absolute Gasteiger partial charge is 0.261 e. The van der Waals surface area contributed by atoms with Crippen LogP contribution in [0.2, 0.25) is 0 Å². The van der Waals surface area contributed by atoms with Gasteiger partial charge in [-0.1, -0.05) is 0 Å². The lowest BCUT2D eigenvalue weighted by Gasteiger charge is -2.15. The van der Waals surface area contributed by atoms with E-state index < -0.39 is 41.1 Å². The van der Waals surface area contributed by atoms with Gasteiger partial charge in [0.05, 0.1) is 29.0 Å². The number of nitriles is 1. The van der Waals surface area contributed by atoms with Crippen LogP contribution in [0.3, 0.4) is 0 Å². The molecule has 2 aromatic carbocycles. The van der Waals surface area contributed by atoms with Crippen molar-refractivity contribution in [3.05, 3.63) is 58.4 Å². The van der Waals surface area contributed by atoms with Gasteiger partial charge in [0.25, 0.3) is 5.56 Å². The molecule has 8 nitrogen and oxygen atoms in total. The van der Waals surface area contributed by atoms with Crippen LogP contribution in [0, 0.1) is 17.1 Å². The Labute approximate surface area is 165 Å². The molecule has 1 N–H and O–H groups in total. The van der Waals surface area contributed by atoms with E-state index in [-0.39, 0.29) is 22.4 Å². The molecule has 0 amide bonds. The van der Waals surface area contributed by atoms with Crippen molar-refractivity contribution >= 4 is 27.9 Å². The van der Waals surface area contributed by atoms with Crippen LogP contribution in [0.15, 0.2) is 41.5 Å². The maximum atomic E-state index is 14.3. The van der Waals surface area contributed by atoms with Gasteiger partial charge in [0.2, 0.25) is 0 Å². The first-order valence-electron chi connectivity index (χ1n) is 8.19. The number of aromatic nitrogens is 2. The zero-order valence-corrected chi connectivity index (χ0v) is 15.7. The van der Waals surface area contributed by atoms with Crippen LogP contribution >= 0.6 is 0 Å². The molecule has 0 fully saturated rings. The van der Waals surface area contributed by atoms with Crippen LogP contribution in [-0.4, -0.2) is 25.0 Å². The van der Waals surface area contributed by atoms with E-state index in [0.29, 0.717) is 5.52 Å². The van der Waals surface area contributed by atoms with E-state index in [0.717, 1.165) is 16.7 Å². The fourth-order valence-corrected chi connectivity index (χ4v) is 2.98. The highest BCUT2D eigenvalue weighted by molar-refractivity contribution is 7.80. The van der Waals surface area contributed by atoms with Gasteiger partial charge in [-0.15, -0.1) is 0 Å². The van der Waals surface area contributed by atoms with Crippen LogP contribution in [-0.2, 0) is 11.3 Å². The van der Waals surface area contributed by atoms with Gasteiger partial charge in [-0.25, -0.2) is 13.8 Å². The molecule has 11 heteroatoms. The van der Waals surface area contributed by atoms with Crippen molar-refractivity contribution in [3.63, 3.8) is 0 Å². The number of nitrogens with zero attached hydrogens (tertiary/aromatic N) is 3. The highest BCUT2D eigenvalue weighted by atomic mass is 32.2. The molecule has 0 saturated heterocycles. The summed E-state index contributed by atoms with van der Waals surface area (Å²) >= 11 is -2.73. The molecule has 0 aliphatic carbocycles. The SMILES string of the molecule is C[C@H](CF)n1cnc2ccc(Oc3c(F)ccc(NS(=O)[O-])c3C#N)cc2c1=O. The summed E-state index contributed by atoms with van der Waals surface area (Å²) in [5.41, 5.74) is -0.727. The van der Waals surface area contributed by atoms with Crippen LogP contribution < -0.4 is 15.0 Å². The Morgan fingerprint density at radius 2 is 2.17 bits per heavy atom. The van der Waals surface area contributed by atoms with E-state index in [1.54, 1.807) is 6.07 Å². The highest BCUT2D eigenvalue weighted by Crippen LogP contribution is 2.33. The zero-order valence-electron chi connectivity index (χ0n) is 14.9. The molecule has 0 aliphatic rings. The Morgan fingerprint density at radius 3 is 2.83 bits per heavy atom. The van der Waals surface area contributed by atoms with Gasteiger partial charge in [0, 0.05) is 11.3 Å². The second-order valence-corrected chi connectivity index (χ2v) is 6.66. The predicted molar refractivity (Wildman–Crippen MR) is 100 cm³/mol. The van der Waals surface area contributed by atoms with Crippen LogP contribution in [0.5, 0.6) is 11.5 Å². The number of hydrogen-bond donors (Lipinski definition) is 1. The Hall–Kier alpha value is -3.36. The van der Waals surface area contributed by atoms with Gasteiger partial charge < -0.3 is 14.0 Å². The molecule has 1 heterocycles. The molecule has 0 saturated carbocycles. The quantitative estimate of drug-likeness (QED) is 0.614. The summed E-state index contributed by atoms with van der Waals surface area (Å²) in [7, 11) is 0. The van der Waals surface area contributed by atoms with Crippen molar-refractivity contribution in [1.82, 2.24) is 9.55 Å². The maximum Gasteiger partial charge on any atom is 0.261 e. The van der Waals surface area contributed by atoms with E-state index in [9.17, 15) is 27.6 Å². The average molecular weight is 419 g/mol. The highest BCUT2D eigenvalue weighted by Gasteiger charge is 2.17. The fourth-order valence-electron chi connectivity index (χ4n) is 2.63. The van der Waals surface area contributed by atoms with E-state index in [1.165, 1.54) is 31.5 Å². The number of hydrogen-bond acceptors (Lipinski definition) is 6. The number of ether oxygens (including phenoxy) is 1. The van der Waals surface area contributed by atoms with E-state index in [2.05, 4.69) is 4.98 Å². The minimum atomic E-state index is -2.73. The standard InChI is InChI=1S/C18H14F2N4O4S/c1-10(7-19)24-9-22-15-4-2-11(6-12(15)18(24)25)28-17-13(8-21)16(23-29(26)27)5-3-14(17)20/h2-6,9-10,23H,7H2,1H3,(H,26,27)/p-1/t10-/m1/s1. The third-order valence-corrected chi connectivity index (χ3v) is 4.47. The lowest BCUT2D eigenvalue weighted by Crippen LogP contribution is -2.24. The predicted octanol–water partition coefficient (Wildman–Crippen LogP) is 2.94. The Kier molecular flexibility index (Phi) is 5.86. The molecular formula is C18H13F2N4O4S-. The van der Waals surface area contributed by atoms with Crippen molar-refractivity contribution in [3.8, 4) is 17.6 Å². The molecule has 0 radical (unpaired) electrons. The van der Waals surface area contributed by atoms with Crippen molar-refractivity contribution in [1.29, 1.82) is 5.26 Å². The molecule has 0 aliphatic heterocycles. The Balaban J connectivity index is 2.09. The molecule has 0 bridgehead atoms. The van der Waals surface area contributed by atoms with Gasteiger partial charge in [0.15, 0.2) is 11.6 Å². The number of anilines is 1. The first-order chi connectivity index (χ1) is 13.8. The normalized spacial score (nSPS) is 12.9. The van der Waals surface area contributed by atoms with Gasteiger partial charge in [0.1, 0.15) is 24.1 Å². The number of alkyl halides is 1. The van der Waals surface area contributed by atoms with Gasteiger partial charge in [-0.05, 0) is 37.3 Å². The summed E-state index contributed by atoms with van der Waals surface area (Å²) in [6, 6.07) is 7.14. The summed E-state index contributed by atoms with van der Waals surface area (Å²) in [5, 5.41) is 9.43. The van der Waals surface area contributed by atoms with E-state index in [1.807, 2.05) is 4.72 Å². The molecule has 1 unspecified atom stereocenters. The first kappa shape index (κ1) is 20.4. The maximum absolute atomic E-state index is 14.3. The van der Waals surface area contributed by atoms with Crippen molar-refractivity contribution < 1.29 is 22.3 Å². The summed E-state index contributed by atoms with van der Waals surface area (Å²) in [6.45, 7) is 0.753. The van der Waals surface area contributed by atoms with E-state index >= 15 is 0 Å². The molecule has 0 spiro atoms. The number of rotatable bonds is 6. The number of nitrogens with one attached hydrogen (secondary N) is 1. The van der Waals surface area contributed by atoms with Crippen LogP contribution in [0.4, 0.5) is 14.5 Å². The first-order valence-corrected chi connectivity index (χ1v) is 9.26. The van der Waals surface area contributed by atoms with Crippen LogP contribution in [0.25, 0.3) is 10.9 Å². The molecule has 3 aromatic rings. The Bertz CT molecular complexity index is 1210. The summed E-state index contributed by atoms with van der Waals surface area (Å²) < 4.78 is 57.5. The minimum Gasteiger partial charge on any atom is -0.755 e. The largest absolute Gasteiger partial charge is 0.755 e. The molecule has 2 atom stereocenters. The molecule has 29 heavy (non-hydrogen) atoms. The number of halogens is 2. The number of benzene rings is 2. The monoisotopic (exact) mass is 419 g/mol. The second-order valence-electron chi connectivity index (χ2n) is 5.99. The lowest BCUT2D eigenvalue weighted by atomic mass is 10.1. The average Bonchev–Trinajstić information content (AvgIpc) is 2.70. The summed E-state index contributed by atoms with van der Waals surface area (Å²) in [6.07, 6.45) is 1.24. The van der Waals surface area contributed by atoms with E-state index in [4.69, 9.17) is 4.74 Å². The lowest BCUT2D eigenvalue weighted by molar-refractivity contribution is 0.370. The molecule has 1 aromatic heterocycles. The van der Waals surface area contributed by atoms with Gasteiger partial charge >= 0.3 is 0 Å². The third kappa shape index (κ3) is 4.08. The van der Waals surface area contributed by atoms with Gasteiger partial charge in [-0.2, -0.15) is 5.26 Å². The molecular weight excluding hydrogens is 406 g/mol. The summed E-state index contributed by atoms with van der Waals surface area (Å²) in [5.74, 6) is -1.40. The molecule has 150 valence electrons. The van der Waals surface area contributed by atoms with Crippen molar-refractivity contribution in [2.45, 2.75) is 13.0 Å². The second kappa shape index (κ2) is 8.34. The minimum absolute atomic E-state index is 0.0119.